The first-order valence-electron chi connectivity index (χ1n) is 13.5. The van der Waals surface area contributed by atoms with E-state index in [9.17, 15) is 39.6 Å². The molecule has 5 rings (SSSR count). The SMILES string of the molecule is CN(C)[C@@H]1C(O)=C(C(N)=O)C(=O)[C@@]2(O)C(O)=C3C(=O)c4c(O)c(NC(=O)CNC5CCCC5)cc(I)c4CC3CC12.Cl.Cl. The Hall–Kier alpha value is -2.43. The maximum atomic E-state index is 13.9. The van der Waals surface area contributed by atoms with Crippen molar-refractivity contribution in [1.29, 1.82) is 0 Å². The van der Waals surface area contributed by atoms with Crippen LogP contribution in [-0.4, -0.2) is 87.0 Å². The fourth-order valence-electron chi connectivity index (χ4n) is 6.93. The number of allylic oxidation sites excluding steroid dienone is 1. The number of fused-ring (bicyclic) bond motifs is 3. The summed E-state index contributed by atoms with van der Waals surface area (Å²) in [5.41, 5.74) is 1.94. The summed E-state index contributed by atoms with van der Waals surface area (Å²) in [5.74, 6) is -7.54. The minimum Gasteiger partial charge on any atom is -0.510 e. The zero-order valence-corrected chi connectivity index (χ0v) is 27.3. The van der Waals surface area contributed by atoms with Crippen LogP contribution >= 0.6 is 47.4 Å². The smallest absolute Gasteiger partial charge is 0.255 e. The predicted octanol–water partition coefficient (Wildman–Crippen LogP) is 2.04. The van der Waals surface area contributed by atoms with Crippen molar-refractivity contribution < 1.29 is 39.6 Å². The van der Waals surface area contributed by atoms with Gasteiger partial charge >= 0.3 is 0 Å². The summed E-state index contributed by atoms with van der Waals surface area (Å²) >= 11 is 2.02. The fourth-order valence-corrected chi connectivity index (χ4v) is 7.73. The molecule has 0 aliphatic heterocycles. The van der Waals surface area contributed by atoms with Crippen LogP contribution in [0.15, 0.2) is 28.7 Å². The van der Waals surface area contributed by atoms with Crippen molar-refractivity contribution in [3.8, 4) is 5.75 Å². The Bertz CT molecular complexity index is 1440. The molecule has 0 heterocycles. The van der Waals surface area contributed by atoms with Gasteiger partial charge in [-0.05, 0) is 79.9 Å². The Morgan fingerprint density at radius 1 is 1.14 bits per heavy atom. The van der Waals surface area contributed by atoms with E-state index < -0.39 is 69.7 Å². The minimum atomic E-state index is -2.70. The van der Waals surface area contributed by atoms with Crippen LogP contribution in [0, 0.1) is 15.4 Å². The van der Waals surface area contributed by atoms with E-state index in [0.29, 0.717) is 9.13 Å². The van der Waals surface area contributed by atoms with E-state index in [1.54, 1.807) is 20.2 Å². The van der Waals surface area contributed by atoms with Crippen LogP contribution < -0.4 is 16.4 Å². The molecular formula is C28H35Cl2IN4O8. The van der Waals surface area contributed by atoms with E-state index >= 15 is 0 Å². The number of amides is 2. The lowest BCUT2D eigenvalue weighted by atomic mass is 9.58. The van der Waals surface area contributed by atoms with Crippen molar-refractivity contribution in [2.24, 2.45) is 17.6 Å². The van der Waals surface area contributed by atoms with Crippen molar-refractivity contribution in [2.75, 3.05) is 26.0 Å². The lowest BCUT2D eigenvalue weighted by Crippen LogP contribution is -2.63. The fraction of sp³-hybridized carbons (Fsp3) is 0.500. The highest BCUT2D eigenvalue weighted by molar-refractivity contribution is 14.1. The predicted molar refractivity (Wildman–Crippen MR) is 170 cm³/mol. The topological polar surface area (TPSA) is 203 Å². The Kier molecular flexibility index (Phi) is 10.5. The Morgan fingerprint density at radius 2 is 1.77 bits per heavy atom. The summed E-state index contributed by atoms with van der Waals surface area (Å²) in [5, 5.41) is 50.9. The molecule has 0 bridgehead atoms. The number of benzene rings is 1. The number of phenolic OH excluding ortho intramolecular Hbond substituents is 1. The summed E-state index contributed by atoms with van der Waals surface area (Å²) in [7, 11) is 3.15. The third-order valence-corrected chi connectivity index (χ3v) is 9.81. The maximum absolute atomic E-state index is 13.9. The number of carbonyl (C=O) groups excluding carboxylic acids is 4. The van der Waals surface area contributed by atoms with Crippen LogP contribution in [0.5, 0.6) is 5.75 Å². The molecule has 1 fully saturated rings. The van der Waals surface area contributed by atoms with E-state index in [2.05, 4.69) is 10.6 Å². The molecule has 1 saturated carbocycles. The number of carbonyl (C=O) groups is 4. The number of primary amides is 1. The lowest BCUT2D eigenvalue weighted by molar-refractivity contribution is -0.148. The number of ketones is 2. The molecular weight excluding hydrogens is 718 g/mol. The number of hydrogen-bond donors (Lipinski definition) is 7. The van der Waals surface area contributed by atoms with Crippen LogP contribution in [0.2, 0.25) is 0 Å². The first-order valence-corrected chi connectivity index (χ1v) is 14.6. The van der Waals surface area contributed by atoms with E-state index in [1.165, 1.54) is 4.90 Å². The van der Waals surface area contributed by atoms with E-state index in [-0.39, 0.29) is 67.1 Å². The number of hydrogen-bond acceptors (Lipinski definition) is 10. The van der Waals surface area contributed by atoms with Gasteiger partial charge < -0.3 is 36.8 Å². The van der Waals surface area contributed by atoms with Crippen LogP contribution in [0.4, 0.5) is 5.69 Å². The number of likely N-dealkylation sites (N-methyl/N-ethyl adjacent to an activating group) is 1. The van der Waals surface area contributed by atoms with Gasteiger partial charge in [-0.2, -0.15) is 0 Å². The first-order chi connectivity index (χ1) is 19.3. The highest BCUT2D eigenvalue weighted by Crippen LogP contribution is 2.53. The van der Waals surface area contributed by atoms with Gasteiger partial charge in [0.15, 0.2) is 17.1 Å². The summed E-state index contributed by atoms with van der Waals surface area (Å²) < 4.78 is 0.602. The number of rotatable bonds is 6. The van der Waals surface area contributed by atoms with Gasteiger partial charge in [0.05, 0.1) is 23.8 Å². The van der Waals surface area contributed by atoms with Gasteiger partial charge in [-0.3, -0.25) is 24.1 Å². The van der Waals surface area contributed by atoms with Gasteiger partial charge in [-0.15, -0.1) is 24.8 Å². The third kappa shape index (κ3) is 5.63. The van der Waals surface area contributed by atoms with E-state index in [4.69, 9.17) is 5.73 Å². The number of nitrogens with two attached hydrogens (primary N) is 1. The molecule has 0 aromatic heterocycles. The summed E-state index contributed by atoms with van der Waals surface area (Å²) in [6.07, 6.45) is 4.38. The first kappa shape index (κ1) is 35.1. The van der Waals surface area contributed by atoms with Crippen LogP contribution in [-0.2, 0) is 20.8 Å². The lowest BCUT2D eigenvalue weighted by Gasteiger charge is -2.50. The monoisotopic (exact) mass is 752 g/mol. The molecule has 12 nitrogen and oxygen atoms in total. The van der Waals surface area contributed by atoms with Gasteiger partial charge in [0.25, 0.3) is 5.91 Å². The number of phenols is 1. The summed E-state index contributed by atoms with van der Waals surface area (Å²) in [4.78, 5) is 53.6. The Morgan fingerprint density at radius 3 is 2.35 bits per heavy atom. The maximum Gasteiger partial charge on any atom is 0.255 e. The number of aliphatic hydroxyl groups is 3. The summed E-state index contributed by atoms with van der Waals surface area (Å²) in [6.45, 7) is 0.0336. The molecule has 0 saturated heterocycles. The zero-order chi connectivity index (χ0) is 30.0. The Labute approximate surface area is 274 Å². The second-order valence-corrected chi connectivity index (χ2v) is 12.6. The average Bonchev–Trinajstić information content (AvgIpc) is 3.41. The molecule has 0 spiro atoms. The molecule has 4 atom stereocenters. The second-order valence-electron chi connectivity index (χ2n) is 11.5. The molecule has 0 radical (unpaired) electrons. The van der Waals surface area contributed by atoms with Crippen molar-refractivity contribution in [3.63, 3.8) is 0 Å². The van der Waals surface area contributed by atoms with Gasteiger partial charge in [0.2, 0.25) is 11.7 Å². The van der Waals surface area contributed by atoms with Crippen molar-refractivity contribution in [1.82, 2.24) is 10.2 Å². The van der Waals surface area contributed by atoms with Crippen LogP contribution in [0.1, 0.15) is 48.0 Å². The highest BCUT2D eigenvalue weighted by atomic mass is 127. The highest BCUT2D eigenvalue weighted by Gasteiger charge is 2.63. The number of halogens is 3. The van der Waals surface area contributed by atoms with Crippen molar-refractivity contribution >= 4 is 76.5 Å². The average molecular weight is 753 g/mol. The number of nitrogens with one attached hydrogen (secondary N) is 2. The molecule has 15 heteroatoms. The summed E-state index contributed by atoms with van der Waals surface area (Å²) in [6, 6.07) is 0.779. The molecule has 8 N–H and O–H groups in total. The number of aromatic hydroxyl groups is 1. The number of anilines is 1. The Balaban J connectivity index is 0.00000253. The van der Waals surface area contributed by atoms with Crippen LogP contribution in [0.3, 0.4) is 0 Å². The minimum absolute atomic E-state index is 0. The molecule has 2 unspecified atom stereocenters. The number of aliphatic hydroxyl groups excluding tert-OH is 2. The van der Waals surface area contributed by atoms with E-state index in [0.717, 1.165) is 25.7 Å². The van der Waals surface area contributed by atoms with Crippen molar-refractivity contribution in [3.05, 3.63) is 43.4 Å². The normalized spacial score (nSPS) is 26.8. The second kappa shape index (κ2) is 12.9. The molecule has 43 heavy (non-hydrogen) atoms. The standard InChI is InChI=1S/C28H33IN4O8.2ClH/c1-33(2)21-14-8-11-7-13-15(29)9-16(32-17(34)10-31-12-5-3-4-6-12)22(35)19(13)23(36)18(11)25(38)28(14,41)26(39)20(24(21)37)27(30)40;;/h9,11-12,14,21,31,35,37-38,41H,3-8,10H2,1-2H3,(H2,30,40)(H,32,34);2*1H/t11?,14?,21-,28-;;/m0../s1. The molecule has 2 amide bonds. The van der Waals surface area contributed by atoms with Crippen molar-refractivity contribution in [2.45, 2.75) is 56.2 Å². The molecule has 4 aliphatic rings. The van der Waals surface area contributed by atoms with Gasteiger partial charge in [0, 0.05) is 21.1 Å². The van der Waals surface area contributed by atoms with Gasteiger partial charge in [-0.1, -0.05) is 12.8 Å². The quantitative estimate of drug-likeness (QED) is 0.128. The number of nitrogens with zero attached hydrogens (tertiary/aromatic N) is 1. The molecule has 1 aromatic rings. The molecule has 4 aliphatic carbocycles. The third-order valence-electron chi connectivity index (χ3n) is 8.85. The van der Waals surface area contributed by atoms with Gasteiger partial charge in [-0.25, -0.2) is 0 Å². The zero-order valence-electron chi connectivity index (χ0n) is 23.5. The van der Waals surface area contributed by atoms with Crippen LogP contribution in [0.25, 0.3) is 0 Å². The molecule has 1 aromatic carbocycles. The number of Topliss-reactive ketones (excluding diaryl/α,β-unsaturated/α-hetero) is 2. The largest absolute Gasteiger partial charge is 0.510 e. The van der Waals surface area contributed by atoms with E-state index in [1.807, 2.05) is 22.6 Å². The van der Waals surface area contributed by atoms with Gasteiger partial charge in [0.1, 0.15) is 17.1 Å². The molecule has 236 valence electrons.